The average molecular weight is 457 g/mol. The van der Waals surface area contributed by atoms with Crippen LogP contribution in [0, 0.1) is 6.92 Å². The number of anilines is 1. The van der Waals surface area contributed by atoms with Crippen molar-refractivity contribution < 1.29 is 29.0 Å². The van der Waals surface area contributed by atoms with Gasteiger partial charge in [0.1, 0.15) is 11.5 Å². The van der Waals surface area contributed by atoms with Gasteiger partial charge in [0, 0.05) is 5.69 Å². The van der Waals surface area contributed by atoms with Gasteiger partial charge in [0.15, 0.2) is 0 Å². The Hall–Kier alpha value is -4.39. The van der Waals surface area contributed by atoms with Crippen LogP contribution in [0.3, 0.4) is 0 Å². The zero-order valence-corrected chi connectivity index (χ0v) is 18.9. The van der Waals surface area contributed by atoms with Crippen molar-refractivity contribution in [3.63, 3.8) is 0 Å². The number of rotatable bonds is 5. The number of amides is 1. The van der Waals surface area contributed by atoms with Gasteiger partial charge < -0.3 is 14.6 Å². The van der Waals surface area contributed by atoms with E-state index in [9.17, 15) is 19.5 Å². The van der Waals surface area contributed by atoms with E-state index in [0.717, 1.165) is 5.56 Å². The number of carbonyl (C=O) groups excluding carboxylic acids is 3. The molecule has 0 bridgehead atoms. The summed E-state index contributed by atoms with van der Waals surface area (Å²) >= 11 is 0. The number of aliphatic hydroxyl groups is 1. The smallest absolute Gasteiger partial charge is 0.337 e. The van der Waals surface area contributed by atoms with Crippen LogP contribution in [0.2, 0.25) is 0 Å². The summed E-state index contributed by atoms with van der Waals surface area (Å²) in [6.07, 6.45) is 0. The molecule has 0 radical (unpaired) electrons. The molecule has 1 amide bonds. The first-order valence-corrected chi connectivity index (χ1v) is 10.6. The fourth-order valence-electron chi connectivity index (χ4n) is 4.08. The lowest BCUT2D eigenvalue weighted by atomic mass is 9.94. The highest BCUT2D eigenvalue weighted by molar-refractivity contribution is 6.51. The van der Waals surface area contributed by atoms with Crippen molar-refractivity contribution in [3.8, 4) is 5.75 Å². The Bertz CT molecular complexity index is 1290. The standard InChI is InChI=1S/C27H23NO6/c1-16-9-14-21(33-2)20(15-16)24(29)22-23(17-7-5-4-6-8-17)28(26(31)25(22)30)19-12-10-18(11-13-19)27(32)34-3/h4-15,23,29H,1-3H3/b24-22+. The van der Waals surface area contributed by atoms with Crippen LogP contribution in [0.25, 0.3) is 5.76 Å². The molecule has 7 nitrogen and oxygen atoms in total. The molecular weight excluding hydrogens is 434 g/mol. The van der Waals surface area contributed by atoms with Gasteiger partial charge in [-0.15, -0.1) is 0 Å². The number of esters is 1. The predicted octanol–water partition coefficient (Wildman–Crippen LogP) is 4.42. The summed E-state index contributed by atoms with van der Waals surface area (Å²) in [4.78, 5) is 39.7. The Labute approximate surface area is 196 Å². The lowest BCUT2D eigenvalue weighted by molar-refractivity contribution is -0.132. The molecule has 3 aromatic carbocycles. The largest absolute Gasteiger partial charge is 0.507 e. The van der Waals surface area contributed by atoms with Crippen LogP contribution in [0.1, 0.15) is 33.1 Å². The normalized spacial score (nSPS) is 17.0. The van der Waals surface area contributed by atoms with Crippen molar-refractivity contribution in [2.24, 2.45) is 0 Å². The molecule has 1 aliphatic rings. The van der Waals surface area contributed by atoms with Crippen LogP contribution in [-0.4, -0.2) is 37.0 Å². The SMILES string of the molecule is COC(=O)c1ccc(N2C(=O)C(=O)/C(=C(/O)c3cc(C)ccc3OC)C2c2ccccc2)cc1. The zero-order valence-electron chi connectivity index (χ0n) is 18.9. The molecule has 7 heteroatoms. The van der Waals surface area contributed by atoms with Gasteiger partial charge in [-0.3, -0.25) is 14.5 Å². The Morgan fingerprint density at radius 2 is 1.62 bits per heavy atom. The van der Waals surface area contributed by atoms with Gasteiger partial charge in [-0.25, -0.2) is 4.79 Å². The first-order valence-electron chi connectivity index (χ1n) is 10.6. The Balaban J connectivity index is 1.92. The minimum absolute atomic E-state index is 0.0443. The quantitative estimate of drug-likeness (QED) is 0.264. The zero-order chi connectivity index (χ0) is 24.4. The number of nitrogens with zero attached hydrogens (tertiary/aromatic N) is 1. The molecule has 1 unspecified atom stereocenters. The van der Waals surface area contributed by atoms with Crippen molar-refractivity contribution >= 4 is 29.1 Å². The fourth-order valence-corrected chi connectivity index (χ4v) is 4.08. The van der Waals surface area contributed by atoms with Crippen LogP contribution in [-0.2, 0) is 14.3 Å². The van der Waals surface area contributed by atoms with Crippen molar-refractivity contribution in [1.82, 2.24) is 0 Å². The van der Waals surface area contributed by atoms with E-state index in [0.29, 0.717) is 28.1 Å². The molecule has 0 aliphatic carbocycles. The van der Waals surface area contributed by atoms with Gasteiger partial charge in [0.2, 0.25) is 0 Å². The van der Waals surface area contributed by atoms with Gasteiger partial charge >= 0.3 is 5.97 Å². The van der Waals surface area contributed by atoms with E-state index in [1.165, 1.54) is 31.3 Å². The number of Topliss-reactive ketones (excluding diaryl/α,β-unsaturated/α-hetero) is 1. The van der Waals surface area contributed by atoms with E-state index in [-0.39, 0.29) is 11.3 Å². The number of benzene rings is 3. The summed E-state index contributed by atoms with van der Waals surface area (Å²) in [6, 6.07) is 19.5. The van der Waals surface area contributed by atoms with E-state index in [4.69, 9.17) is 9.47 Å². The number of carbonyl (C=O) groups is 3. The van der Waals surface area contributed by atoms with Gasteiger partial charge in [-0.2, -0.15) is 0 Å². The first-order chi connectivity index (χ1) is 16.4. The molecule has 1 saturated heterocycles. The topological polar surface area (TPSA) is 93.1 Å². The first kappa shape index (κ1) is 22.8. The molecule has 0 saturated carbocycles. The van der Waals surface area contributed by atoms with Gasteiger partial charge in [0.25, 0.3) is 11.7 Å². The monoisotopic (exact) mass is 457 g/mol. The van der Waals surface area contributed by atoms with Crippen LogP contribution >= 0.6 is 0 Å². The number of ketones is 1. The average Bonchev–Trinajstić information content (AvgIpc) is 3.14. The third-order valence-electron chi connectivity index (χ3n) is 5.74. The lowest BCUT2D eigenvalue weighted by Crippen LogP contribution is -2.29. The maximum absolute atomic E-state index is 13.3. The Morgan fingerprint density at radius 1 is 0.941 bits per heavy atom. The molecule has 1 fully saturated rings. The fraction of sp³-hybridized carbons (Fsp3) is 0.148. The van der Waals surface area contributed by atoms with Crippen LogP contribution < -0.4 is 9.64 Å². The lowest BCUT2D eigenvalue weighted by Gasteiger charge is -2.25. The van der Waals surface area contributed by atoms with Gasteiger partial charge in [0.05, 0.1) is 37.0 Å². The highest BCUT2D eigenvalue weighted by Gasteiger charge is 2.47. The summed E-state index contributed by atoms with van der Waals surface area (Å²) in [6.45, 7) is 1.85. The highest BCUT2D eigenvalue weighted by atomic mass is 16.5. The molecule has 4 rings (SSSR count). The van der Waals surface area contributed by atoms with E-state index in [1.54, 1.807) is 48.5 Å². The second kappa shape index (κ2) is 9.23. The molecule has 1 heterocycles. The molecule has 0 spiro atoms. The second-order valence-corrected chi connectivity index (χ2v) is 7.82. The predicted molar refractivity (Wildman–Crippen MR) is 127 cm³/mol. The van der Waals surface area contributed by atoms with Crippen molar-refractivity contribution in [2.75, 3.05) is 19.1 Å². The number of ether oxygens (including phenoxy) is 2. The van der Waals surface area contributed by atoms with Gasteiger partial charge in [-0.05, 0) is 48.9 Å². The summed E-state index contributed by atoms with van der Waals surface area (Å²) in [5.41, 5.74) is 2.49. The molecule has 3 aromatic rings. The van der Waals surface area contributed by atoms with Crippen molar-refractivity contribution in [3.05, 3.63) is 101 Å². The molecular formula is C27H23NO6. The van der Waals surface area contributed by atoms with Crippen LogP contribution in [0.4, 0.5) is 5.69 Å². The molecule has 34 heavy (non-hydrogen) atoms. The van der Waals surface area contributed by atoms with Crippen molar-refractivity contribution in [2.45, 2.75) is 13.0 Å². The molecule has 172 valence electrons. The highest BCUT2D eigenvalue weighted by Crippen LogP contribution is 2.43. The summed E-state index contributed by atoms with van der Waals surface area (Å²) in [7, 11) is 2.75. The number of hydrogen-bond donors (Lipinski definition) is 1. The summed E-state index contributed by atoms with van der Waals surface area (Å²) in [5.74, 6) is -2.05. The number of aliphatic hydroxyl groups excluding tert-OH is 1. The number of aryl methyl sites for hydroxylation is 1. The maximum Gasteiger partial charge on any atom is 0.337 e. The number of hydrogen-bond acceptors (Lipinski definition) is 6. The van der Waals surface area contributed by atoms with Gasteiger partial charge in [-0.1, -0.05) is 42.0 Å². The van der Waals surface area contributed by atoms with E-state index >= 15 is 0 Å². The van der Waals surface area contributed by atoms with E-state index < -0.39 is 23.7 Å². The van der Waals surface area contributed by atoms with E-state index in [2.05, 4.69) is 0 Å². The van der Waals surface area contributed by atoms with Crippen molar-refractivity contribution in [1.29, 1.82) is 0 Å². The number of methoxy groups -OCH3 is 2. The Morgan fingerprint density at radius 3 is 2.24 bits per heavy atom. The van der Waals surface area contributed by atoms with Crippen LogP contribution in [0.15, 0.2) is 78.4 Å². The molecule has 1 atom stereocenters. The molecule has 0 aromatic heterocycles. The minimum atomic E-state index is -0.879. The third-order valence-corrected chi connectivity index (χ3v) is 5.74. The summed E-state index contributed by atoms with van der Waals surface area (Å²) < 4.78 is 10.1. The molecule has 1 N–H and O–H groups in total. The Kier molecular flexibility index (Phi) is 6.19. The third kappa shape index (κ3) is 3.92. The molecule has 1 aliphatic heterocycles. The summed E-state index contributed by atoms with van der Waals surface area (Å²) in [5, 5.41) is 11.3. The maximum atomic E-state index is 13.3. The van der Waals surface area contributed by atoms with Crippen LogP contribution in [0.5, 0.6) is 5.75 Å². The minimum Gasteiger partial charge on any atom is -0.507 e. The van der Waals surface area contributed by atoms with E-state index in [1.807, 2.05) is 19.1 Å². The second-order valence-electron chi connectivity index (χ2n) is 7.82.